The van der Waals surface area contributed by atoms with Gasteiger partial charge in [-0.2, -0.15) is 5.10 Å². The van der Waals surface area contributed by atoms with Crippen molar-refractivity contribution in [2.75, 3.05) is 59.4 Å². The Morgan fingerprint density at radius 2 is 1.54 bits per heavy atom. The van der Waals surface area contributed by atoms with Gasteiger partial charge in [0.2, 0.25) is 11.8 Å². The highest BCUT2D eigenvalue weighted by Gasteiger charge is 2.27. The number of aromatic amines is 1. The molecule has 52 heavy (non-hydrogen) atoms. The molecule has 0 radical (unpaired) electrons. The van der Waals surface area contributed by atoms with Crippen LogP contribution >= 0.6 is 0 Å². The quantitative estimate of drug-likeness (QED) is 0.186. The SMILES string of the molecule is CC.CCCCN(CCCCN(C)CC(=O)N1CCN(C(=O)c2cc(Cc3n[nH]c(=O)c4ccccc34)ccc2F)CC1)C(=O)CC1CCCCC1. The van der Waals surface area contributed by atoms with Gasteiger partial charge in [0, 0.05) is 57.5 Å². The van der Waals surface area contributed by atoms with Crippen LogP contribution in [0.1, 0.15) is 107 Å². The number of unbranched alkanes of at least 4 members (excludes halogenated alkanes) is 2. The van der Waals surface area contributed by atoms with Crippen LogP contribution in [0.2, 0.25) is 0 Å². The number of rotatable bonds is 15. The molecule has 2 aliphatic rings. The van der Waals surface area contributed by atoms with E-state index in [4.69, 9.17) is 0 Å². The van der Waals surface area contributed by atoms with Gasteiger partial charge in [-0.1, -0.05) is 70.7 Å². The summed E-state index contributed by atoms with van der Waals surface area (Å²) in [5, 5.41) is 7.97. The number of benzene rings is 2. The first-order chi connectivity index (χ1) is 25.2. The minimum Gasteiger partial charge on any atom is -0.343 e. The highest BCUT2D eigenvalue weighted by Crippen LogP contribution is 2.27. The number of carbonyl (C=O) groups excluding carboxylic acids is 3. The largest absolute Gasteiger partial charge is 0.343 e. The molecule has 0 unspecified atom stereocenters. The molecule has 1 aliphatic heterocycles. The number of H-pyrrole nitrogens is 1. The lowest BCUT2D eigenvalue weighted by Crippen LogP contribution is -2.52. The summed E-state index contributed by atoms with van der Waals surface area (Å²) < 4.78 is 14.9. The molecule has 284 valence electrons. The second-order valence-electron chi connectivity index (χ2n) is 14.1. The third kappa shape index (κ3) is 11.4. The maximum Gasteiger partial charge on any atom is 0.272 e. The van der Waals surface area contributed by atoms with Crippen molar-refractivity contribution >= 4 is 28.5 Å². The topological polar surface area (TPSA) is 110 Å². The van der Waals surface area contributed by atoms with Crippen molar-refractivity contribution in [1.82, 2.24) is 29.8 Å². The van der Waals surface area contributed by atoms with E-state index >= 15 is 0 Å². The molecule has 0 spiro atoms. The molecule has 3 amide bonds. The van der Waals surface area contributed by atoms with Crippen molar-refractivity contribution in [3.05, 3.63) is 75.5 Å². The van der Waals surface area contributed by atoms with Gasteiger partial charge in [0.1, 0.15) is 5.82 Å². The summed E-state index contributed by atoms with van der Waals surface area (Å²) in [6, 6.07) is 11.7. The fourth-order valence-corrected chi connectivity index (χ4v) is 7.25. The Balaban J connectivity index is 0.00000297. The Bertz CT molecular complexity index is 1660. The Labute approximate surface area is 308 Å². The Kier molecular flexibility index (Phi) is 16.3. The van der Waals surface area contributed by atoms with Crippen LogP contribution < -0.4 is 5.56 Å². The molecule has 2 heterocycles. The van der Waals surface area contributed by atoms with Crippen LogP contribution in [-0.4, -0.2) is 107 Å². The minimum absolute atomic E-state index is 0.0142. The Morgan fingerprint density at radius 1 is 0.885 bits per heavy atom. The highest BCUT2D eigenvalue weighted by molar-refractivity contribution is 5.95. The molecule has 2 fully saturated rings. The molecule has 1 saturated heterocycles. The van der Waals surface area contributed by atoms with Crippen LogP contribution in [0, 0.1) is 11.7 Å². The van der Waals surface area contributed by atoms with Gasteiger partial charge in [-0.3, -0.25) is 24.1 Å². The summed E-state index contributed by atoms with van der Waals surface area (Å²) in [6.45, 7) is 10.2. The van der Waals surface area contributed by atoms with Gasteiger partial charge in [0.05, 0.1) is 23.2 Å². The average Bonchev–Trinajstić information content (AvgIpc) is 3.17. The first kappa shape index (κ1) is 40.6. The lowest BCUT2D eigenvalue weighted by molar-refractivity contribution is -0.133. The van der Waals surface area contributed by atoms with Crippen molar-refractivity contribution < 1.29 is 18.8 Å². The lowest BCUT2D eigenvalue weighted by atomic mass is 9.86. The van der Waals surface area contributed by atoms with Crippen LogP contribution in [0.3, 0.4) is 0 Å². The van der Waals surface area contributed by atoms with Gasteiger partial charge in [-0.15, -0.1) is 0 Å². The predicted octanol–water partition coefficient (Wildman–Crippen LogP) is 6.27. The van der Waals surface area contributed by atoms with Gasteiger partial charge in [0.25, 0.3) is 11.5 Å². The Morgan fingerprint density at radius 3 is 2.25 bits per heavy atom. The zero-order valence-corrected chi connectivity index (χ0v) is 31.8. The third-order valence-electron chi connectivity index (χ3n) is 10.3. The number of halogens is 1. The van der Waals surface area contributed by atoms with E-state index in [0.717, 1.165) is 45.3 Å². The molecule has 0 bridgehead atoms. The van der Waals surface area contributed by atoms with E-state index in [9.17, 15) is 23.6 Å². The molecule has 1 aliphatic carbocycles. The molecule has 1 N–H and O–H groups in total. The molecule has 1 saturated carbocycles. The molecular weight excluding hydrogens is 659 g/mol. The highest BCUT2D eigenvalue weighted by atomic mass is 19.1. The summed E-state index contributed by atoms with van der Waals surface area (Å²) in [5.41, 5.74) is 1.05. The molecule has 1 aromatic heterocycles. The number of nitrogens with one attached hydrogen (secondary N) is 1. The van der Waals surface area contributed by atoms with Gasteiger partial charge in [-0.05, 0) is 75.4 Å². The number of likely N-dealkylation sites (N-methyl/N-ethyl adjacent to an activating group) is 1. The number of aromatic nitrogens is 2. The van der Waals surface area contributed by atoms with Crippen molar-refractivity contribution in [3.63, 3.8) is 0 Å². The van der Waals surface area contributed by atoms with Crippen molar-refractivity contribution in [1.29, 1.82) is 0 Å². The summed E-state index contributed by atoms with van der Waals surface area (Å²) >= 11 is 0. The van der Waals surface area contributed by atoms with Gasteiger partial charge < -0.3 is 14.7 Å². The number of piperazine rings is 1. The van der Waals surface area contributed by atoms with Crippen LogP contribution in [0.15, 0.2) is 47.3 Å². The summed E-state index contributed by atoms with van der Waals surface area (Å²) in [5.74, 6) is -0.137. The molecule has 3 aromatic rings. The van der Waals surface area contributed by atoms with Crippen molar-refractivity contribution in [3.8, 4) is 0 Å². The van der Waals surface area contributed by atoms with Gasteiger partial charge >= 0.3 is 0 Å². The van der Waals surface area contributed by atoms with Gasteiger partial charge in [0.15, 0.2) is 0 Å². The van der Waals surface area contributed by atoms with E-state index in [1.165, 1.54) is 38.2 Å². The number of hydrogen-bond donors (Lipinski definition) is 1. The van der Waals surface area contributed by atoms with E-state index in [2.05, 4.69) is 22.0 Å². The number of amides is 3. The summed E-state index contributed by atoms with van der Waals surface area (Å²) in [6.07, 6.45) is 11.1. The Hall–Kier alpha value is -4.12. The number of carbonyl (C=O) groups is 3. The smallest absolute Gasteiger partial charge is 0.272 e. The normalized spacial score (nSPS) is 15.0. The molecule has 10 nitrogen and oxygen atoms in total. The number of hydrogen-bond acceptors (Lipinski definition) is 6. The molecular formula is C41H59FN6O4. The minimum atomic E-state index is -0.597. The van der Waals surface area contributed by atoms with Crippen LogP contribution in [-0.2, 0) is 16.0 Å². The third-order valence-corrected chi connectivity index (χ3v) is 10.3. The van der Waals surface area contributed by atoms with Crippen molar-refractivity contribution in [2.24, 2.45) is 5.92 Å². The maximum atomic E-state index is 14.9. The standard InChI is InChI=1S/C39H53FN6O4.C2H6/c1-3-4-19-44(36(47)27-29-12-6-5-7-13-29)20-11-10-18-43(2)28-37(48)45-21-23-46(24-22-45)39(50)33-25-30(16-17-34(33)40)26-35-31-14-8-9-15-32(31)38(49)42-41-35;1-2/h8-9,14-17,25,29H,3-7,10-13,18-24,26-28H2,1-2H3,(H,42,49);1-2H3. The molecule has 11 heteroatoms. The van der Waals surface area contributed by atoms with Crippen LogP contribution in [0.25, 0.3) is 10.8 Å². The summed E-state index contributed by atoms with van der Waals surface area (Å²) in [7, 11) is 1.95. The van der Waals surface area contributed by atoms with Crippen LogP contribution in [0.4, 0.5) is 4.39 Å². The summed E-state index contributed by atoms with van der Waals surface area (Å²) in [4.78, 5) is 59.3. The van der Waals surface area contributed by atoms with E-state index in [1.54, 1.807) is 34.1 Å². The molecule has 2 aromatic carbocycles. The predicted molar refractivity (Wildman–Crippen MR) is 205 cm³/mol. The van der Waals surface area contributed by atoms with E-state index in [1.807, 2.05) is 37.9 Å². The number of nitrogens with zero attached hydrogens (tertiary/aromatic N) is 5. The van der Waals surface area contributed by atoms with Crippen LogP contribution in [0.5, 0.6) is 0 Å². The van der Waals surface area contributed by atoms with Crippen molar-refractivity contribution in [2.45, 2.75) is 91.4 Å². The zero-order chi connectivity index (χ0) is 37.5. The molecule has 0 atom stereocenters. The van der Waals surface area contributed by atoms with E-state index in [0.29, 0.717) is 72.9 Å². The average molecular weight is 719 g/mol. The zero-order valence-electron chi connectivity index (χ0n) is 31.8. The second kappa shape index (κ2) is 20.8. The number of fused-ring (bicyclic) bond motifs is 1. The first-order valence-corrected chi connectivity index (χ1v) is 19.5. The fraction of sp³-hybridized carbons (Fsp3) is 0.585. The molecule has 5 rings (SSSR count). The monoisotopic (exact) mass is 718 g/mol. The van der Waals surface area contributed by atoms with Gasteiger partial charge in [-0.25, -0.2) is 9.49 Å². The fourth-order valence-electron chi connectivity index (χ4n) is 7.25. The van der Waals surface area contributed by atoms with E-state index in [-0.39, 0.29) is 23.6 Å². The first-order valence-electron chi connectivity index (χ1n) is 19.5. The van der Waals surface area contributed by atoms with E-state index < -0.39 is 11.7 Å². The second-order valence-corrected chi connectivity index (χ2v) is 14.1. The lowest BCUT2D eigenvalue weighted by Gasteiger charge is -2.35. The maximum absolute atomic E-state index is 14.9.